The van der Waals surface area contributed by atoms with Crippen LogP contribution >= 0.6 is 0 Å². The van der Waals surface area contributed by atoms with Crippen LogP contribution in [0.5, 0.6) is 0 Å². The van der Waals surface area contributed by atoms with Gasteiger partial charge in [0.25, 0.3) is 0 Å². The van der Waals surface area contributed by atoms with E-state index in [0.717, 1.165) is 38.5 Å². The molecule has 4 nitrogen and oxygen atoms in total. The van der Waals surface area contributed by atoms with E-state index in [1.54, 1.807) is 0 Å². The molecular weight excluding hydrogens is 795 g/mol. The van der Waals surface area contributed by atoms with Gasteiger partial charge >= 0.3 is 0 Å². The predicted octanol–water partition coefficient (Wildman–Crippen LogP) is 18.8. The molecule has 0 aliphatic carbocycles. The monoisotopic (exact) mass is 915 g/mol. The first-order chi connectivity index (χ1) is 31.9. The lowest BCUT2D eigenvalue weighted by atomic mass is 10.0. The van der Waals surface area contributed by atoms with Crippen molar-refractivity contribution in [1.29, 1.82) is 0 Å². The molecule has 0 bridgehead atoms. The smallest absolute Gasteiger partial charge is 0.105 e. The fourth-order valence-electron chi connectivity index (χ4n) is 9.91. The molecule has 0 fully saturated rings. The van der Waals surface area contributed by atoms with Gasteiger partial charge in [-0.3, -0.25) is 0 Å². The van der Waals surface area contributed by atoms with Crippen LogP contribution in [0.1, 0.15) is 310 Å². The van der Waals surface area contributed by atoms with E-state index >= 15 is 0 Å². The zero-order valence-electron chi connectivity index (χ0n) is 44.9. The molecule has 3 N–H and O–H groups in total. The topological polar surface area (TPSA) is 60.7 Å². The standard InChI is InChI=1S/C61H120NO3/c1-5-8-11-14-17-20-23-26-29-32-35-38-41-44-47-50-53-59(63)56-62(4,57-60(64)54-51-48-45-42-39-36-33-30-27-24-21-18-15-12-9-6-2)58-61(65)55-52-49-46-43-40-37-34-31-28-25-22-19-16-13-10-7-3/h26-31,59-61,63-65H,5-25,32-58H2,1-4H3/q+1. The van der Waals surface area contributed by atoms with E-state index < -0.39 is 0 Å². The third-order valence-corrected chi connectivity index (χ3v) is 14.1. The molecular formula is C61H120NO3+. The van der Waals surface area contributed by atoms with Crippen LogP contribution in [0.2, 0.25) is 0 Å². The average Bonchev–Trinajstić information content (AvgIpc) is 3.28. The Bertz CT molecular complexity index is 870. The van der Waals surface area contributed by atoms with E-state index in [1.165, 1.54) is 250 Å². The number of likely N-dealkylation sites (N-methyl/N-ethyl adjacent to an activating group) is 1. The number of unbranched alkanes of at least 4 members (excludes halogenated alkanes) is 36. The Balaban J connectivity index is 4.51. The second kappa shape index (κ2) is 52.4. The summed E-state index contributed by atoms with van der Waals surface area (Å²) >= 11 is 0. The summed E-state index contributed by atoms with van der Waals surface area (Å²) in [5, 5.41) is 33.8. The Hall–Kier alpha value is -0.940. The van der Waals surface area contributed by atoms with Gasteiger partial charge < -0.3 is 19.8 Å². The highest BCUT2D eigenvalue weighted by atomic mass is 16.3. The molecule has 0 saturated carbocycles. The van der Waals surface area contributed by atoms with E-state index in [0.29, 0.717) is 24.1 Å². The number of hydrogen-bond donors (Lipinski definition) is 3. The predicted molar refractivity (Wildman–Crippen MR) is 291 cm³/mol. The molecule has 0 spiro atoms. The highest BCUT2D eigenvalue weighted by molar-refractivity contribution is 4.83. The zero-order valence-corrected chi connectivity index (χ0v) is 44.9. The van der Waals surface area contributed by atoms with Gasteiger partial charge in [0.15, 0.2) is 0 Å². The molecule has 0 radical (unpaired) electrons. The van der Waals surface area contributed by atoms with Crippen LogP contribution < -0.4 is 0 Å². The Morgan fingerprint density at radius 3 is 0.631 bits per heavy atom. The largest absolute Gasteiger partial charge is 0.387 e. The normalized spacial score (nSPS) is 14.6. The minimum atomic E-state index is -0.382. The summed E-state index contributed by atoms with van der Waals surface area (Å²) in [5.74, 6) is 0. The maximum Gasteiger partial charge on any atom is 0.105 e. The van der Waals surface area contributed by atoms with Gasteiger partial charge in [-0.25, -0.2) is 0 Å². The van der Waals surface area contributed by atoms with Gasteiger partial charge in [0, 0.05) is 0 Å². The van der Waals surface area contributed by atoms with Gasteiger partial charge in [0.1, 0.15) is 37.9 Å². The number of allylic oxidation sites excluding steroid dienone is 6. The second-order valence-corrected chi connectivity index (χ2v) is 21.3. The maximum atomic E-state index is 11.3. The highest BCUT2D eigenvalue weighted by Crippen LogP contribution is 2.20. The van der Waals surface area contributed by atoms with Crippen molar-refractivity contribution < 1.29 is 19.8 Å². The van der Waals surface area contributed by atoms with Gasteiger partial charge in [-0.15, -0.1) is 0 Å². The van der Waals surface area contributed by atoms with Crippen LogP contribution in [-0.4, -0.2) is 64.8 Å². The average molecular weight is 916 g/mol. The second-order valence-electron chi connectivity index (χ2n) is 21.3. The molecule has 0 aromatic carbocycles. The van der Waals surface area contributed by atoms with E-state index in [1.807, 2.05) is 0 Å². The summed E-state index contributed by atoms with van der Waals surface area (Å²) in [6.07, 6.45) is 70.2. The van der Waals surface area contributed by atoms with E-state index in [-0.39, 0.29) is 18.3 Å². The molecule has 0 aliphatic heterocycles. The number of hydrogen-bond acceptors (Lipinski definition) is 3. The summed E-state index contributed by atoms with van der Waals surface area (Å²) in [5.41, 5.74) is 0. The summed E-state index contributed by atoms with van der Waals surface area (Å²) in [6.45, 7) is 8.73. The van der Waals surface area contributed by atoms with Crippen LogP contribution in [0.25, 0.3) is 0 Å². The molecule has 0 aromatic heterocycles. The van der Waals surface area contributed by atoms with E-state index in [4.69, 9.17) is 0 Å². The van der Waals surface area contributed by atoms with Gasteiger partial charge in [-0.2, -0.15) is 0 Å². The molecule has 0 aliphatic rings. The molecule has 3 unspecified atom stereocenters. The van der Waals surface area contributed by atoms with Gasteiger partial charge in [0.05, 0.1) is 7.05 Å². The summed E-state index contributed by atoms with van der Waals surface area (Å²) < 4.78 is 0.564. The molecule has 0 heterocycles. The van der Waals surface area contributed by atoms with E-state index in [2.05, 4.69) is 64.3 Å². The van der Waals surface area contributed by atoms with Crippen LogP contribution in [0, 0.1) is 0 Å². The van der Waals surface area contributed by atoms with Crippen molar-refractivity contribution in [3.05, 3.63) is 36.5 Å². The highest BCUT2D eigenvalue weighted by Gasteiger charge is 2.31. The molecule has 386 valence electrons. The minimum Gasteiger partial charge on any atom is -0.387 e. The third-order valence-electron chi connectivity index (χ3n) is 14.1. The number of nitrogens with zero attached hydrogens (tertiary/aromatic N) is 1. The van der Waals surface area contributed by atoms with Crippen LogP contribution in [0.4, 0.5) is 0 Å². The van der Waals surface area contributed by atoms with Gasteiger partial charge in [-0.1, -0.05) is 250 Å². The maximum absolute atomic E-state index is 11.3. The van der Waals surface area contributed by atoms with Crippen molar-refractivity contribution >= 4 is 0 Å². The molecule has 0 rings (SSSR count). The molecule has 4 heteroatoms. The quantitative estimate of drug-likeness (QED) is 0.0324. The van der Waals surface area contributed by atoms with E-state index in [9.17, 15) is 15.3 Å². The van der Waals surface area contributed by atoms with Crippen LogP contribution in [0.3, 0.4) is 0 Å². The fraction of sp³-hybridized carbons (Fsp3) is 0.902. The van der Waals surface area contributed by atoms with Gasteiger partial charge in [0.2, 0.25) is 0 Å². The first-order valence-electron chi connectivity index (χ1n) is 29.7. The van der Waals surface area contributed by atoms with Crippen LogP contribution in [-0.2, 0) is 0 Å². The van der Waals surface area contributed by atoms with Crippen molar-refractivity contribution in [1.82, 2.24) is 0 Å². The lowest BCUT2D eigenvalue weighted by Crippen LogP contribution is -2.56. The Labute approximate surface area is 409 Å². The zero-order chi connectivity index (χ0) is 47.4. The molecule has 0 saturated heterocycles. The Morgan fingerprint density at radius 2 is 0.431 bits per heavy atom. The molecule has 0 aromatic rings. The number of aliphatic hydroxyl groups is 3. The van der Waals surface area contributed by atoms with Crippen molar-refractivity contribution in [2.75, 3.05) is 26.7 Å². The summed E-state index contributed by atoms with van der Waals surface area (Å²) in [6, 6.07) is 0. The SMILES string of the molecule is CCCCCCCCC=CCCCCCCCCC(O)C[N+](C)(CC(O)CCCCCCCCC=CCCCCCCCC)CC(O)CCCCCCCCC=CCCCCCCCC. The Kier molecular flexibility index (Phi) is 51.7. The Morgan fingerprint density at radius 1 is 0.262 bits per heavy atom. The third kappa shape index (κ3) is 50.8. The first-order valence-corrected chi connectivity index (χ1v) is 29.7. The van der Waals surface area contributed by atoms with Crippen LogP contribution in [0.15, 0.2) is 36.5 Å². The minimum absolute atomic E-state index is 0.382. The lowest BCUT2D eigenvalue weighted by Gasteiger charge is -2.39. The van der Waals surface area contributed by atoms with Gasteiger partial charge in [-0.05, 0) is 96.3 Å². The van der Waals surface area contributed by atoms with Crippen molar-refractivity contribution in [3.8, 4) is 0 Å². The first kappa shape index (κ1) is 64.1. The molecule has 65 heavy (non-hydrogen) atoms. The van der Waals surface area contributed by atoms with Crippen molar-refractivity contribution in [3.63, 3.8) is 0 Å². The summed E-state index contributed by atoms with van der Waals surface area (Å²) in [4.78, 5) is 0. The number of rotatable bonds is 54. The lowest BCUT2D eigenvalue weighted by molar-refractivity contribution is -0.918. The number of quaternary nitrogens is 1. The molecule has 0 amide bonds. The summed E-state index contributed by atoms with van der Waals surface area (Å²) in [7, 11) is 2.18. The van der Waals surface area contributed by atoms with Crippen molar-refractivity contribution in [2.24, 2.45) is 0 Å². The fourth-order valence-corrected chi connectivity index (χ4v) is 9.91. The number of aliphatic hydroxyl groups excluding tert-OH is 3. The molecule has 3 atom stereocenters. The van der Waals surface area contributed by atoms with Crippen molar-refractivity contribution in [2.45, 2.75) is 328 Å².